The van der Waals surface area contributed by atoms with Crippen molar-refractivity contribution in [1.29, 1.82) is 0 Å². The summed E-state index contributed by atoms with van der Waals surface area (Å²) in [5, 5.41) is 41.4. The maximum absolute atomic E-state index is 11.1. The van der Waals surface area contributed by atoms with Gasteiger partial charge in [0.05, 0.1) is 19.3 Å². The van der Waals surface area contributed by atoms with Gasteiger partial charge in [-0.05, 0) is 54.7 Å². The fraction of sp³-hybridized carbons (Fsp3) is 0.538. The zero-order valence-corrected chi connectivity index (χ0v) is 19.7. The summed E-state index contributed by atoms with van der Waals surface area (Å²) in [5.41, 5.74) is 2.37. The lowest BCUT2D eigenvalue weighted by atomic mass is 9.89. The van der Waals surface area contributed by atoms with Gasteiger partial charge in [0.2, 0.25) is 5.79 Å². The highest BCUT2D eigenvalue weighted by atomic mass is 35.5. The summed E-state index contributed by atoms with van der Waals surface area (Å²) in [4.78, 5) is 0. The Morgan fingerprint density at radius 3 is 2.45 bits per heavy atom. The van der Waals surface area contributed by atoms with Crippen LogP contribution in [0.1, 0.15) is 55.7 Å². The number of aliphatic hydroxyl groups is 4. The molecule has 1 heterocycles. The molecular weight excluding hydrogens is 444 g/mol. The molecular formula is C26H33ClO6. The summed E-state index contributed by atoms with van der Waals surface area (Å²) in [7, 11) is 0. The van der Waals surface area contributed by atoms with E-state index in [0.29, 0.717) is 17.0 Å². The molecule has 1 aliphatic heterocycles. The highest BCUT2D eigenvalue weighted by Gasteiger charge is 2.48. The molecule has 2 aromatic rings. The van der Waals surface area contributed by atoms with Gasteiger partial charge < -0.3 is 29.9 Å². The number of aliphatic hydroxyl groups excluding tert-OH is 3. The van der Waals surface area contributed by atoms with Crippen molar-refractivity contribution in [3.05, 3.63) is 64.2 Å². The van der Waals surface area contributed by atoms with Crippen molar-refractivity contribution in [3.8, 4) is 5.75 Å². The highest BCUT2D eigenvalue weighted by molar-refractivity contribution is 6.31. The van der Waals surface area contributed by atoms with Crippen molar-refractivity contribution in [2.45, 2.75) is 69.5 Å². The van der Waals surface area contributed by atoms with Crippen LogP contribution in [0.15, 0.2) is 42.5 Å². The molecule has 4 N–H and O–H groups in total. The third kappa shape index (κ3) is 5.37. The van der Waals surface area contributed by atoms with Gasteiger partial charge in [-0.15, -0.1) is 0 Å². The minimum absolute atomic E-state index is 0.111. The normalized spacial score (nSPS) is 29.2. The molecule has 0 aromatic heterocycles. The van der Waals surface area contributed by atoms with E-state index in [9.17, 15) is 20.4 Å². The summed E-state index contributed by atoms with van der Waals surface area (Å²) in [6, 6.07) is 12.8. The molecule has 4 atom stereocenters. The van der Waals surface area contributed by atoms with Gasteiger partial charge in [0.25, 0.3) is 0 Å². The quantitative estimate of drug-likeness (QED) is 0.488. The van der Waals surface area contributed by atoms with Crippen molar-refractivity contribution in [1.82, 2.24) is 0 Å². The number of ether oxygens (including phenoxy) is 2. The van der Waals surface area contributed by atoms with Gasteiger partial charge in [0.15, 0.2) is 0 Å². The Labute approximate surface area is 199 Å². The second kappa shape index (κ2) is 9.90. The molecule has 2 aromatic carbocycles. The Balaban J connectivity index is 1.47. The maximum atomic E-state index is 11.1. The lowest BCUT2D eigenvalue weighted by molar-refractivity contribution is -0.332. The second-order valence-electron chi connectivity index (χ2n) is 9.79. The molecule has 0 unspecified atom stereocenters. The molecule has 180 valence electrons. The van der Waals surface area contributed by atoms with Crippen molar-refractivity contribution in [2.75, 3.05) is 13.2 Å². The lowest BCUT2D eigenvalue weighted by Crippen LogP contribution is -2.55. The van der Waals surface area contributed by atoms with Gasteiger partial charge >= 0.3 is 0 Å². The molecule has 0 radical (unpaired) electrons. The van der Waals surface area contributed by atoms with Crippen LogP contribution < -0.4 is 4.74 Å². The zero-order chi connectivity index (χ0) is 23.6. The summed E-state index contributed by atoms with van der Waals surface area (Å²) >= 11 is 6.43. The molecule has 2 fully saturated rings. The van der Waals surface area contributed by atoms with Gasteiger partial charge in [-0.25, -0.2) is 0 Å². The fourth-order valence-electron chi connectivity index (χ4n) is 4.83. The third-order valence-electron chi connectivity index (χ3n) is 7.03. The molecule has 1 saturated carbocycles. The van der Waals surface area contributed by atoms with Gasteiger partial charge in [-0.2, -0.15) is 0 Å². The van der Waals surface area contributed by atoms with Crippen LogP contribution in [0.5, 0.6) is 5.75 Å². The van der Waals surface area contributed by atoms with Crippen molar-refractivity contribution < 1.29 is 29.9 Å². The van der Waals surface area contributed by atoms with E-state index in [1.165, 1.54) is 25.7 Å². The largest absolute Gasteiger partial charge is 0.493 e. The van der Waals surface area contributed by atoms with Crippen LogP contribution in [0.3, 0.4) is 0 Å². The van der Waals surface area contributed by atoms with Gasteiger partial charge in [0.1, 0.15) is 18.0 Å². The number of hydrogen-bond acceptors (Lipinski definition) is 6. The summed E-state index contributed by atoms with van der Waals surface area (Å²) in [6.07, 6.45) is 1.98. The van der Waals surface area contributed by atoms with Gasteiger partial charge in [0, 0.05) is 22.4 Å². The Morgan fingerprint density at radius 1 is 1.09 bits per heavy atom. The summed E-state index contributed by atoms with van der Waals surface area (Å²) < 4.78 is 11.5. The SMILES string of the molecule is CC1(COc2ccc(Cc3cc([C@]4(O)O[C@H](CO)[C@@H](O)C[C@H]4O)ccc3Cl)cc2)CCCC1. The Hall–Kier alpha value is -1.67. The van der Waals surface area contributed by atoms with E-state index in [1.807, 2.05) is 24.3 Å². The van der Waals surface area contributed by atoms with Crippen molar-refractivity contribution in [3.63, 3.8) is 0 Å². The Bertz CT molecular complexity index is 942. The first kappa shape index (κ1) is 24.5. The number of hydrogen-bond donors (Lipinski definition) is 4. The molecule has 2 aliphatic rings. The number of rotatable bonds is 7. The molecule has 0 amide bonds. The van der Waals surface area contributed by atoms with E-state index in [4.69, 9.17) is 21.1 Å². The minimum atomic E-state index is -2.04. The van der Waals surface area contributed by atoms with E-state index in [-0.39, 0.29) is 11.8 Å². The summed E-state index contributed by atoms with van der Waals surface area (Å²) in [5.74, 6) is -1.20. The van der Waals surface area contributed by atoms with Crippen LogP contribution in [-0.4, -0.2) is 52.0 Å². The smallest absolute Gasteiger partial charge is 0.219 e. The first-order valence-electron chi connectivity index (χ1n) is 11.6. The van der Waals surface area contributed by atoms with E-state index < -0.39 is 30.7 Å². The Morgan fingerprint density at radius 2 is 1.79 bits per heavy atom. The molecule has 1 aliphatic carbocycles. The van der Waals surface area contributed by atoms with Crippen LogP contribution in [-0.2, 0) is 16.9 Å². The standard InChI is InChI=1S/C26H33ClO6/c1-25(10-2-3-11-25)16-32-20-7-4-17(5-8-20)12-18-13-19(6-9-21(18)27)26(31)24(30)14-22(29)23(15-28)33-26/h4-9,13,22-24,28-31H,2-3,10-12,14-16H2,1H3/t22-,23+,24+,26-/m0/s1. The molecule has 7 heteroatoms. The van der Waals surface area contributed by atoms with Gasteiger partial charge in [-0.3, -0.25) is 0 Å². The fourth-order valence-corrected chi connectivity index (χ4v) is 5.02. The molecule has 4 rings (SSSR count). The first-order valence-corrected chi connectivity index (χ1v) is 12.0. The minimum Gasteiger partial charge on any atom is -0.493 e. The highest BCUT2D eigenvalue weighted by Crippen LogP contribution is 2.39. The molecule has 0 bridgehead atoms. The van der Waals surface area contributed by atoms with E-state index in [0.717, 1.165) is 23.5 Å². The average Bonchev–Trinajstić information content (AvgIpc) is 3.24. The van der Waals surface area contributed by atoms with Crippen molar-refractivity contribution >= 4 is 11.6 Å². The summed E-state index contributed by atoms with van der Waals surface area (Å²) in [6.45, 7) is 2.54. The number of benzene rings is 2. The monoisotopic (exact) mass is 476 g/mol. The van der Waals surface area contributed by atoms with Crippen molar-refractivity contribution in [2.24, 2.45) is 5.41 Å². The molecule has 6 nitrogen and oxygen atoms in total. The predicted octanol–water partition coefficient (Wildman–Crippen LogP) is 3.54. The van der Waals surface area contributed by atoms with E-state index in [2.05, 4.69) is 6.92 Å². The van der Waals surface area contributed by atoms with E-state index >= 15 is 0 Å². The van der Waals surface area contributed by atoms with Crippen LogP contribution in [0, 0.1) is 5.41 Å². The topological polar surface area (TPSA) is 99.4 Å². The van der Waals surface area contributed by atoms with Gasteiger partial charge in [-0.1, -0.05) is 49.6 Å². The maximum Gasteiger partial charge on any atom is 0.219 e. The predicted molar refractivity (Wildman–Crippen MR) is 125 cm³/mol. The first-order chi connectivity index (χ1) is 15.7. The lowest BCUT2D eigenvalue weighted by Gasteiger charge is -2.43. The zero-order valence-electron chi connectivity index (χ0n) is 18.9. The third-order valence-corrected chi connectivity index (χ3v) is 7.40. The van der Waals surface area contributed by atoms with Crippen LogP contribution in [0.4, 0.5) is 0 Å². The molecule has 1 saturated heterocycles. The second-order valence-corrected chi connectivity index (χ2v) is 10.2. The molecule has 0 spiro atoms. The van der Waals surface area contributed by atoms with Crippen LogP contribution in [0.2, 0.25) is 5.02 Å². The molecule has 33 heavy (non-hydrogen) atoms. The number of halogens is 1. The van der Waals surface area contributed by atoms with Crippen LogP contribution in [0.25, 0.3) is 0 Å². The average molecular weight is 477 g/mol. The van der Waals surface area contributed by atoms with Crippen LogP contribution >= 0.6 is 11.6 Å². The van der Waals surface area contributed by atoms with E-state index in [1.54, 1.807) is 18.2 Å². The Kier molecular flexibility index (Phi) is 7.34.